The maximum Gasteiger partial charge on any atom is 0.254 e. The number of morpholine rings is 1. The zero-order valence-corrected chi connectivity index (χ0v) is 12.7. The largest absolute Gasteiger partial charge is 0.394 e. The van der Waals surface area contributed by atoms with Gasteiger partial charge in [-0.1, -0.05) is 12.1 Å². The van der Waals surface area contributed by atoms with Crippen molar-refractivity contribution in [1.29, 1.82) is 0 Å². The number of ether oxygens (including phenoxy) is 1. The van der Waals surface area contributed by atoms with Crippen molar-refractivity contribution >= 4 is 17.7 Å². The van der Waals surface area contributed by atoms with Crippen molar-refractivity contribution in [2.45, 2.75) is 24.8 Å². The number of aliphatic hydroxyl groups is 1. The summed E-state index contributed by atoms with van der Waals surface area (Å²) in [7, 11) is 0. The highest BCUT2D eigenvalue weighted by Gasteiger charge is 2.29. The first-order chi connectivity index (χ1) is 9.65. The molecule has 1 aliphatic rings. The van der Waals surface area contributed by atoms with Crippen LogP contribution in [-0.4, -0.2) is 54.1 Å². The van der Waals surface area contributed by atoms with Crippen molar-refractivity contribution in [2.75, 3.05) is 26.0 Å². The average molecular weight is 295 g/mol. The molecule has 0 spiro atoms. The molecule has 1 aromatic rings. The fourth-order valence-electron chi connectivity index (χ4n) is 2.29. The minimum atomic E-state index is -0.272. The van der Waals surface area contributed by atoms with E-state index in [-0.39, 0.29) is 24.7 Å². The molecule has 0 bridgehead atoms. The molecule has 0 saturated carbocycles. The Hall–Kier alpha value is -1.04. The summed E-state index contributed by atoms with van der Waals surface area (Å²) in [5.41, 5.74) is 1.91. The van der Waals surface area contributed by atoms with Gasteiger partial charge in [-0.25, -0.2) is 0 Å². The topological polar surface area (TPSA) is 49.8 Å². The molecular weight excluding hydrogens is 274 g/mol. The number of rotatable bonds is 4. The van der Waals surface area contributed by atoms with E-state index in [0.29, 0.717) is 18.7 Å². The van der Waals surface area contributed by atoms with E-state index >= 15 is 0 Å². The van der Waals surface area contributed by atoms with E-state index in [1.165, 1.54) is 5.56 Å². The van der Waals surface area contributed by atoms with Crippen molar-refractivity contribution in [3.05, 3.63) is 35.4 Å². The van der Waals surface area contributed by atoms with E-state index in [1.54, 1.807) is 16.7 Å². The van der Waals surface area contributed by atoms with Crippen LogP contribution in [0.4, 0.5) is 0 Å². The minimum Gasteiger partial charge on any atom is -0.394 e. The number of benzene rings is 1. The zero-order valence-electron chi connectivity index (χ0n) is 11.9. The first-order valence-corrected chi connectivity index (χ1v) is 8.16. The van der Waals surface area contributed by atoms with Gasteiger partial charge in [-0.3, -0.25) is 4.79 Å². The molecule has 1 amide bonds. The summed E-state index contributed by atoms with van der Waals surface area (Å²) in [6, 6.07) is 7.79. The number of amides is 1. The lowest BCUT2D eigenvalue weighted by molar-refractivity contribution is -0.0667. The molecule has 0 aromatic heterocycles. The fourth-order valence-corrected chi connectivity index (χ4v) is 2.81. The van der Waals surface area contributed by atoms with Gasteiger partial charge in [0.1, 0.15) is 0 Å². The lowest BCUT2D eigenvalue weighted by atomic mass is 10.1. The van der Waals surface area contributed by atoms with Crippen LogP contribution in [0.5, 0.6) is 0 Å². The van der Waals surface area contributed by atoms with Crippen LogP contribution >= 0.6 is 11.8 Å². The SMILES string of the molecule is CSCc1ccc(C(=O)N2CC(CO)OCC2C)cc1. The number of nitrogens with zero attached hydrogens (tertiary/aromatic N) is 1. The van der Waals surface area contributed by atoms with Crippen molar-refractivity contribution < 1.29 is 14.6 Å². The van der Waals surface area contributed by atoms with E-state index < -0.39 is 0 Å². The van der Waals surface area contributed by atoms with Gasteiger partial charge >= 0.3 is 0 Å². The Kier molecular flexibility index (Phi) is 5.46. The van der Waals surface area contributed by atoms with Gasteiger partial charge in [0.25, 0.3) is 5.91 Å². The second kappa shape index (κ2) is 7.11. The molecule has 110 valence electrons. The van der Waals surface area contributed by atoms with E-state index in [9.17, 15) is 9.90 Å². The lowest BCUT2D eigenvalue weighted by Gasteiger charge is -2.37. The summed E-state index contributed by atoms with van der Waals surface area (Å²) in [6.07, 6.45) is 1.79. The number of hydrogen-bond acceptors (Lipinski definition) is 4. The van der Waals surface area contributed by atoms with E-state index in [2.05, 4.69) is 6.26 Å². The molecule has 1 aliphatic heterocycles. The number of hydrogen-bond donors (Lipinski definition) is 1. The Morgan fingerprint density at radius 1 is 1.45 bits per heavy atom. The molecule has 1 saturated heterocycles. The quantitative estimate of drug-likeness (QED) is 0.920. The average Bonchev–Trinajstić information content (AvgIpc) is 2.48. The number of carbonyl (C=O) groups excluding carboxylic acids is 1. The van der Waals surface area contributed by atoms with Gasteiger partial charge in [0.2, 0.25) is 0 Å². The summed E-state index contributed by atoms with van der Waals surface area (Å²) >= 11 is 1.76. The monoisotopic (exact) mass is 295 g/mol. The highest BCUT2D eigenvalue weighted by Crippen LogP contribution is 2.17. The van der Waals surface area contributed by atoms with Gasteiger partial charge < -0.3 is 14.7 Å². The van der Waals surface area contributed by atoms with Crippen LogP contribution in [0.1, 0.15) is 22.8 Å². The highest BCUT2D eigenvalue weighted by atomic mass is 32.2. The number of aliphatic hydroxyl groups excluding tert-OH is 1. The van der Waals surface area contributed by atoms with Crippen LogP contribution in [0.15, 0.2) is 24.3 Å². The summed E-state index contributed by atoms with van der Waals surface area (Å²) in [5.74, 6) is 0.963. The van der Waals surface area contributed by atoms with E-state index in [0.717, 1.165) is 5.75 Å². The maximum atomic E-state index is 12.5. The third-order valence-electron chi connectivity index (χ3n) is 3.48. The molecule has 2 unspecified atom stereocenters. The van der Waals surface area contributed by atoms with Gasteiger partial charge in [0.05, 0.1) is 25.4 Å². The third-order valence-corrected chi connectivity index (χ3v) is 4.10. The van der Waals surface area contributed by atoms with Crippen LogP contribution in [0.3, 0.4) is 0 Å². The van der Waals surface area contributed by atoms with Gasteiger partial charge in [-0.2, -0.15) is 11.8 Å². The molecule has 0 radical (unpaired) electrons. The van der Waals surface area contributed by atoms with E-state index in [1.807, 2.05) is 31.2 Å². The third kappa shape index (κ3) is 3.53. The Balaban J connectivity index is 2.08. The first-order valence-electron chi connectivity index (χ1n) is 6.77. The normalized spacial score (nSPS) is 22.9. The lowest BCUT2D eigenvalue weighted by Crippen LogP contribution is -2.52. The molecule has 1 N–H and O–H groups in total. The molecule has 2 atom stereocenters. The van der Waals surface area contributed by atoms with Crippen LogP contribution < -0.4 is 0 Å². The maximum absolute atomic E-state index is 12.5. The summed E-state index contributed by atoms with van der Waals surface area (Å²) in [5, 5.41) is 9.18. The van der Waals surface area contributed by atoms with Crippen LogP contribution in [0, 0.1) is 0 Å². The van der Waals surface area contributed by atoms with Crippen LogP contribution in [0.25, 0.3) is 0 Å². The fraction of sp³-hybridized carbons (Fsp3) is 0.533. The Bertz CT molecular complexity index is 449. The molecule has 1 heterocycles. The van der Waals surface area contributed by atoms with E-state index in [4.69, 9.17) is 4.74 Å². The van der Waals surface area contributed by atoms with Gasteiger partial charge in [0, 0.05) is 17.9 Å². The van der Waals surface area contributed by atoms with Crippen molar-refractivity contribution in [1.82, 2.24) is 4.90 Å². The second-order valence-corrected chi connectivity index (χ2v) is 5.94. The zero-order chi connectivity index (χ0) is 14.5. The summed E-state index contributed by atoms with van der Waals surface area (Å²) < 4.78 is 5.46. The van der Waals surface area contributed by atoms with Gasteiger partial charge in [0.15, 0.2) is 0 Å². The first kappa shape index (κ1) is 15.4. The Labute approximate surface area is 124 Å². The number of thioether (sulfide) groups is 1. The van der Waals surface area contributed by atoms with Crippen molar-refractivity contribution in [2.24, 2.45) is 0 Å². The summed E-state index contributed by atoms with van der Waals surface area (Å²) in [6.45, 7) is 2.83. The van der Waals surface area contributed by atoms with Crippen molar-refractivity contribution in [3.8, 4) is 0 Å². The summed E-state index contributed by atoms with van der Waals surface area (Å²) in [4.78, 5) is 14.3. The number of carbonyl (C=O) groups is 1. The molecule has 5 heteroatoms. The molecule has 20 heavy (non-hydrogen) atoms. The van der Waals surface area contributed by atoms with Crippen LogP contribution in [0.2, 0.25) is 0 Å². The minimum absolute atomic E-state index is 0.00921. The van der Waals surface area contributed by atoms with Crippen molar-refractivity contribution in [3.63, 3.8) is 0 Å². The predicted octanol–water partition coefficient (Wildman–Crippen LogP) is 1.77. The Morgan fingerprint density at radius 2 is 2.15 bits per heavy atom. The smallest absolute Gasteiger partial charge is 0.254 e. The predicted molar refractivity (Wildman–Crippen MR) is 81.0 cm³/mol. The standard InChI is InChI=1S/C15H21NO3S/c1-11-9-19-14(8-17)7-16(11)15(18)13-5-3-12(4-6-13)10-20-2/h3-6,11,14,17H,7-10H2,1-2H3. The second-order valence-electron chi connectivity index (χ2n) is 5.07. The van der Waals surface area contributed by atoms with Gasteiger partial charge in [-0.15, -0.1) is 0 Å². The van der Waals surface area contributed by atoms with Gasteiger partial charge in [-0.05, 0) is 30.9 Å². The molecular formula is C15H21NO3S. The highest BCUT2D eigenvalue weighted by molar-refractivity contribution is 7.97. The molecule has 4 nitrogen and oxygen atoms in total. The molecule has 1 fully saturated rings. The molecule has 1 aromatic carbocycles. The molecule has 0 aliphatic carbocycles. The Morgan fingerprint density at radius 3 is 2.75 bits per heavy atom. The molecule has 2 rings (SSSR count). The van der Waals surface area contributed by atoms with Crippen LogP contribution in [-0.2, 0) is 10.5 Å².